The third-order valence-corrected chi connectivity index (χ3v) is 6.65. The average molecular weight is 448 g/mol. The molecular formula is C24H25N5O2S. The molecule has 0 bridgehead atoms. The number of hydrogen-bond donors (Lipinski definition) is 1. The molecule has 1 atom stereocenters. The number of benzene rings is 2. The second-order valence-electron chi connectivity index (χ2n) is 7.65. The van der Waals surface area contributed by atoms with Gasteiger partial charge >= 0.3 is 0 Å². The molecule has 1 aliphatic carbocycles. The van der Waals surface area contributed by atoms with Gasteiger partial charge in [0, 0.05) is 17.7 Å². The minimum absolute atomic E-state index is 0. The number of anilines is 1. The van der Waals surface area contributed by atoms with Crippen molar-refractivity contribution in [2.24, 2.45) is 0 Å². The lowest BCUT2D eigenvalue weighted by Gasteiger charge is -2.21. The summed E-state index contributed by atoms with van der Waals surface area (Å²) < 4.78 is 1.62. The number of aromatic nitrogens is 3. The maximum Gasteiger partial charge on any atom is 0.274 e. The lowest BCUT2D eigenvalue weighted by Crippen LogP contribution is -2.48. The number of fused-ring (bicyclic) bond motifs is 2. The molecule has 0 saturated carbocycles. The second kappa shape index (κ2) is 9.00. The van der Waals surface area contributed by atoms with Gasteiger partial charge in [-0.05, 0) is 35.2 Å². The van der Waals surface area contributed by atoms with Gasteiger partial charge in [0.15, 0.2) is 5.69 Å². The molecule has 1 aromatic heterocycles. The number of hydrogen-bond acceptors (Lipinski definition) is 5. The molecule has 3 aromatic rings. The van der Waals surface area contributed by atoms with Crippen LogP contribution in [0.3, 0.4) is 0 Å². The minimum atomic E-state index is -0.639. The summed E-state index contributed by atoms with van der Waals surface area (Å²) in [4.78, 5) is 28.5. The Hall–Kier alpha value is -3.39. The monoisotopic (exact) mass is 447 g/mol. The zero-order chi connectivity index (χ0) is 21.4. The first-order valence-corrected chi connectivity index (χ1v) is 11.1. The van der Waals surface area contributed by atoms with Crippen molar-refractivity contribution in [1.29, 1.82) is 0 Å². The van der Waals surface area contributed by atoms with Crippen LogP contribution in [0.25, 0.3) is 6.08 Å². The minimum Gasteiger partial charge on any atom is -0.338 e. The summed E-state index contributed by atoms with van der Waals surface area (Å²) in [6.45, 7) is 0.524. The Morgan fingerprint density at radius 2 is 2.06 bits per heavy atom. The Labute approximate surface area is 191 Å². The predicted octanol–water partition coefficient (Wildman–Crippen LogP) is 3.40. The summed E-state index contributed by atoms with van der Waals surface area (Å²) in [5.74, 6) is -0.0759. The zero-order valence-electron chi connectivity index (χ0n) is 17.0. The highest BCUT2D eigenvalue weighted by Gasteiger charge is 2.31. The van der Waals surface area contributed by atoms with E-state index in [9.17, 15) is 9.59 Å². The summed E-state index contributed by atoms with van der Waals surface area (Å²) in [6, 6.07) is 13.4. The Morgan fingerprint density at radius 1 is 1.25 bits per heavy atom. The van der Waals surface area contributed by atoms with E-state index in [0.29, 0.717) is 12.3 Å². The Morgan fingerprint density at radius 3 is 2.88 bits per heavy atom. The Bertz CT molecular complexity index is 1190. The number of nitrogens with zero attached hydrogens (tertiary/aromatic N) is 4. The van der Waals surface area contributed by atoms with Crippen molar-refractivity contribution in [3.8, 4) is 0 Å². The maximum atomic E-state index is 13.1. The van der Waals surface area contributed by atoms with Crippen LogP contribution in [0, 0.1) is 0 Å². The second-order valence-corrected chi connectivity index (χ2v) is 8.71. The molecule has 2 amide bonds. The number of allylic oxidation sites excluding steroid dienone is 1. The third-order valence-electron chi connectivity index (χ3n) is 5.52. The van der Waals surface area contributed by atoms with E-state index < -0.39 is 11.9 Å². The number of carbonyl (C=O) groups is 2. The zero-order valence-corrected chi connectivity index (χ0v) is 17.8. The molecule has 32 heavy (non-hydrogen) atoms. The average Bonchev–Trinajstić information content (AvgIpc) is 3.42. The van der Waals surface area contributed by atoms with Crippen LogP contribution in [0.2, 0.25) is 0 Å². The molecule has 0 radical (unpaired) electrons. The first kappa shape index (κ1) is 21.8. The van der Waals surface area contributed by atoms with Crippen LogP contribution >= 0.6 is 11.8 Å². The number of rotatable bonds is 4. The predicted molar refractivity (Wildman–Crippen MR) is 127 cm³/mol. The SMILES string of the molecule is C.CN1C(=O)[C@@H](NC(=O)c2cn(Cc3ccccc3)nn2)CSc2cc3c(cc21)C=CC3. The van der Waals surface area contributed by atoms with Gasteiger partial charge in [-0.25, -0.2) is 4.68 Å². The highest BCUT2D eigenvalue weighted by molar-refractivity contribution is 7.99. The van der Waals surface area contributed by atoms with Crippen LogP contribution in [-0.4, -0.2) is 45.7 Å². The van der Waals surface area contributed by atoms with Crippen molar-refractivity contribution >= 4 is 35.3 Å². The van der Waals surface area contributed by atoms with Gasteiger partial charge in [0.25, 0.3) is 5.91 Å². The van der Waals surface area contributed by atoms with E-state index in [1.165, 1.54) is 5.56 Å². The van der Waals surface area contributed by atoms with E-state index in [1.54, 1.807) is 34.6 Å². The van der Waals surface area contributed by atoms with Crippen LogP contribution in [0.1, 0.15) is 34.6 Å². The molecule has 164 valence electrons. The fourth-order valence-electron chi connectivity index (χ4n) is 3.83. The molecule has 1 N–H and O–H groups in total. The summed E-state index contributed by atoms with van der Waals surface area (Å²) in [6.07, 6.45) is 6.73. The Kier molecular flexibility index (Phi) is 6.14. The van der Waals surface area contributed by atoms with E-state index in [-0.39, 0.29) is 19.0 Å². The summed E-state index contributed by atoms with van der Waals surface area (Å²) in [7, 11) is 1.76. The quantitative estimate of drug-likeness (QED) is 0.663. The van der Waals surface area contributed by atoms with Gasteiger partial charge in [0.2, 0.25) is 5.91 Å². The highest BCUT2D eigenvalue weighted by atomic mass is 32.2. The van der Waals surface area contributed by atoms with Gasteiger partial charge in [-0.2, -0.15) is 0 Å². The number of amides is 2. The topological polar surface area (TPSA) is 80.1 Å². The lowest BCUT2D eigenvalue weighted by atomic mass is 10.1. The molecule has 2 heterocycles. The number of likely N-dealkylation sites (N-methyl/N-ethyl adjacent to an activating group) is 1. The van der Waals surface area contributed by atoms with Crippen LogP contribution < -0.4 is 10.2 Å². The fourth-order valence-corrected chi connectivity index (χ4v) is 4.97. The maximum absolute atomic E-state index is 13.1. The van der Waals surface area contributed by atoms with Gasteiger partial charge in [0.1, 0.15) is 6.04 Å². The summed E-state index contributed by atoms with van der Waals surface area (Å²) in [5, 5.41) is 10.9. The van der Waals surface area contributed by atoms with Crippen LogP contribution in [0.4, 0.5) is 5.69 Å². The van der Waals surface area contributed by atoms with Gasteiger partial charge in [0.05, 0.1) is 18.4 Å². The van der Waals surface area contributed by atoms with Gasteiger partial charge in [-0.1, -0.05) is 55.1 Å². The lowest BCUT2D eigenvalue weighted by molar-refractivity contribution is -0.119. The van der Waals surface area contributed by atoms with Crippen molar-refractivity contribution in [2.75, 3.05) is 17.7 Å². The van der Waals surface area contributed by atoms with E-state index in [0.717, 1.165) is 28.1 Å². The molecule has 2 aliphatic rings. The molecule has 7 nitrogen and oxygen atoms in total. The molecule has 0 spiro atoms. The molecule has 5 rings (SSSR count). The van der Waals surface area contributed by atoms with Gasteiger partial charge in [-0.15, -0.1) is 16.9 Å². The van der Waals surface area contributed by atoms with Crippen LogP contribution in [0.5, 0.6) is 0 Å². The molecular weight excluding hydrogens is 422 g/mol. The third kappa shape index (κ3) is 4.18. The van der Waals surface area contributed by atoms with Crippen LogP contribution in [0.15, 0.2) is 59.6 Å². The standard InChI is InChI=1S/C23H21N5O2S.CH4/c1-27-20-10-16-8-5-9-17(16)11-21(20)31-14-19(23(27)30)24-22(29)18-13-28(26-25-18)12-15-6-3-2-4-7-15;/h2-8,10-11,13,19H,9,12,14H2,1H3,(H,24,29);1H4/t19-;/m0./s1. The molecule has 0 fully saturated rings. The fraction of sp³-hybridized carbons (Fsp3) is 0.250. The van der Waals surface area contributed by atoms with Gasteiger partial charge in [-0.3, -0.25) is 9.59 Å². The number of nitrogens with one attached hydrogen (secondary N) is 1. The molecule has 1 aliphatic heterocycles. The van der Waals surface area contributed by atoms with Crippen molar-refractivity contribution in [2.45, 2.75) is 31.3 Å². The molecule has 8 heteroatoms. The van der Waals surface area contributed by atoms with Crippen molar-refractivity contribution in [3.63, 3.8) is 0 Å². The van der Waals surface area contributed by atoms with Crippen molar-refractivity contribution in [1.82, 2.24) is 20.3 Å². The normalized spacial score (nSPS) is 16.7. The van der Waals surface area contributed by atoms with E-state index in [2.05, 4.69) is 39.9 Å². The van der Waals surface area contributed by atoms with E-state index in [4.69, 9.17) is 0 Å². The smallest absolute Gasteiger partial charge is 0.274 e. The largest absolute Gasteiger partial charge is 0.338 e. The first-order valence-electron chi connectivity index (χ1n) is 10.1. The van der Waals surface area contributed by atoms with Crippen LogP contribution in [-0.2, 0) is 17.8 Å². The number of carbonyl (C=O) groups excluding carboxylic acids is 2. The van der Waals surface area contributed by atoms with Crippen molar-refractivity contribution < 1.29 is 9.59 Å². The van der Waals surface area contributed by atoms with E-state index >= 15 is 0 Å². The Balaban J connectivity index is 0.00000245. The molecule has 2 aromatic carbocycles. The number of thioether (sulfide) groups is 1. The first-order chi connectivity index (χ1) is 15.1. The van der Waals surface area contributed by atoms with Gasteiger partial charge < -0.3 is 10.2 Å². The summed E-state index contributed by atoms with van der Waals surface area (Å²) in [5.41, 5.74) is 4.56. The van der Waals surface area contributed by atoms with Crippen molar-refractivity contribution in [3.05, 3.63) is 77.1 Å². The summed E-state index contributed by atoms with van der Waals surface area (Å²) >= 11 is 1.59. The molecule has 0 unspecified atom stereocenters. The van der Waals surface area contributed by atoms with E-state index in [1.807, 2.05) is 30.3 Å². The molecule has 0 saturated heterocycles. The highest BCUT2D eigenvalue weighted by Crippen LogP contribution is 2.38.